The number of nitrogens with zero attached hydrogens (tertiary/aromatic N) is 5. The third kappa shape index (κ3) is 2.76. The lowest BCUT2D eigenvalue weighted by atomic mass is 10.3. The van der Waals surface area contributed by atoms with E-state index >= 15 is 0 Å². The van der Waals surface area contributed by atoms with E-state index in [1.165, 1.54) is 4.68 Å². The highest BCUT2D eigenvalue weighted by molar-refractivity contribution is 5.75. The van der Waals surface area contributed by atoms with Crippen LogP contribution in [0, 0.1) is 0 Å². The summed E-state index contributed by atoms with van der Waals surface area (Å²) < 4.78 is 2.25. The molecular weight excluding hydrogens is 258 g/mol. The molecule has 0 N–H and O–H groups in total. The molecule has 7 heteroatoms. The fraction of sp³-hybridized carbons (Fsp3) is 0.385. The maximum absolute atomic E-state index is 12.1. The van der Waals surface area contributed by atoms with Gasteiger partial charge in [-0.2, -0.15) is 9.36 Å². The molecule has 0 aliphatic rings. The van der Waals surface area contributed by atoms with Crippen molar-refractivity contribution in [2.75, 3.05) is 13.1 Å². The Morgan fingerprint density at radius 2 is 1.80 bits per heavy atom. The predicted octanol–water partition coefficient (Wildman–Crippen LogP) is 0.297. The lowest BCUT2D eigenvalue weighted by molar-refractivity contribution is -0.131. The molecule has 0 spiro atoms. The van der Waals surface area contributed by atoms with Crippen LogP contribution in [0.1, 0.15) is 13.8 Å². The lowest BCUT2D eigenvalue weighted by Crippen LogP contribution is -2.36. The second kappa shape index (κ2) is 6.14. The summed E-state index contributed by atoms with van der Waals surface area (Å²) in [6, 6.07) is 8.98. The molecule has 20 heavy (non-hydrogen) atoms. The van der Waals surface area contributed by atoms with Crippen molar-refractivity contribution < 1.29 is 4.79 Å². The summed E-state index contributed by atoms with van der Waals surface area (Å²) in [7, 11) is 0. The maximum atomic E-state index is 12.1. The fourth-order valence-corrected chi connectivity index (χ4v) is 1.91. The van der Waals surface area contributed by atoms with Crippen molar-refractivity contribution >= 4 is 5.91 Å². The highest BCUT2D eigenvalue weighted by atomic mass is 16.2. The molecular formula is C13H17N5O2. The molecule has 2 aromatic rings. The summed E-state index contributed by atoms with van der Waals surface area (Å²) in [4.78, 5) is 25.7. The first kappa shape index (κ1) is 14.0. The molecule has 0 radical (unpaired) electrons. The minimum Gasteiger partial charge on any atom is -0.342 e. The second-order valence-electron chi connectivity index (χ2n) is 4.23. The average molecular weight is 275 g/mol. The molecule has 1 amide bonds. The largest absolute Gasteiger partial charge is 0.368 e. The van der Waals surface area contributed by atoms with E-state index in [0.717, 1.165) is 4.68 Å². The molecule has 1 aromatic heterocycles. The van der Waals surface area contributed by atoms with Crippen molar-refractivity contribution in [1.29, 1.82) is 0 Å². The van der Waals surface area contributed by atoms with Crippen molar-refractivity contribution in [3.63, 3.8) is 0 Å². The Labute approximate surface area is 116 Å². The number of hydrogen-bond acceptors (Lipinski definition) is 4. The summed E-state index contributed by atoms with van der Waals surface area (Å²) in [5, 5.41) is 7.55. The van der Waals surface area contributed by atoms with Gasteiger partial charge in [-0.05, 0) is 36.4 Å². The zero-order valence-electron chi connectivity index (χ0n) is 11.6. The van der Waals surface area contributed by atoms with Crippen LogP contribution in [0.5, 0.6) is 0 Å². The van der Waals surface area contributed by atoms with Gasteiger partial charge in [0.05, 0.1) is 5.69 Å². The Hall–Kier alpha value is -2.44. The third-order valence-electron chi connectivity index (χ3n) is 3.04. The highest BCUT2D eigenvalue weighted by Gasteiger charge is 2.15. The second-order valence-corrected chi connectivity index (χ2v) is 4.23. The molecule has 0 saturated carbocycles. The zero-order valence-corrected chi connectivity index (χ0v) is 11.6. The number of carbonyl (C=O) groups excluding carboxylic acids is 1. The molecule has 0 aliphatic heterocycles. The summed E-state index contributed by atoms with van der Waals surface area (Å²) in [5.41, 5.74) is 0.204. The molecule has 0 unspecified atom stereocenters. The Balaban J connectivity index is 2.22. The molecule has 0 fully saturated rings. The number of aromatic nitrogens is 4. The smallest absolute Gasteiger partial charge is 0.342 e. The van der Waals surface area contributed by atoms with Crippen LogP contribution >= 0.6 is 0 Å². The normalized spacial score (nSPS) is 10.5. The number of tetrazole rings is 1. The van der Waals surface area contributed by atoms with Crippen LogP contribution < -0.4 is 5.69 Å². The van der Waals surface area contributed by atoms with Crippen molar-refractivity contribution in [3.8, 4) is 5.69 Å². The number of rotatable bonds is 5. The van der Waals surface area contributed by atoms with Crippen LogP contribution in [0.25, 0.3) is 5.69 Å². The van der Waals surface area contributed by atoms with E-state index in [9.17, 15) is 9.59 Å². The van der Waals surface area contributed by atoms with Crippen molar-refractivity contribution in [1.82, 2.24) is 24.7 Å². The number of amides is 1. The first-order valence-corrected chi connectivity index (χ1v) is 6.53. The van der Waals surface area contributed by atoms with Crippen LogP contribution in [0.4, 0.5) is 0 Å². The maximum Gasteiger partial charge on any atom is 0.368 e. The fourth-order valence-electron chi connectivity index (χ4n) is 1.91. The van der Waals surface area contributed by atoms with Gasteiger partial charge in [-0.15, -0.1) is 0 Å². The van der Waals surface area contributed by atoms with Gasteiger partial charge < -0.3 is 4.90 Å². The third-order valence-corrected chi connectivity index (χ3v) is 3.04. The van der Waals surface area contributed by atoms with Gasteiger partial charge in [-0.3, -0.25) is 4.79 Å². The van der Waals surface area contributed by atoms with E-state index in [2.05, 4.69) is 10.4 Å². The van der Waals surface area contributed by atoms with E-state index in [-0.39, 0.29) is 12.5 Å². The molecule has 0 saturated heterocycles. The first-order valence-electron chi connectivity index (χ1n) is 6.53. The van der Waals surface area contributed by atoms with E-state index < -0.39 is 5.69 Å². The lowest BCUT2D eigenvalue weighted by Gasteiger charge is -2.17. The summed E-state index contributed by atoms with van der Waals surface area (Å²) in [5.74, 6) is -0.141. The van der Waals surface area contributed by atoms with Gasteiger partial charge in [0.2, 0.25) is 5.91 Å². The van der Waals surface area contributed by atoms with E-state index in [0.29, 0.717) is 18.8 Å². The van der Waals surface area contributed by atoms with Gasteiger partial charge in [-0.25, -0.2) is 4.79 Å². The first-order chi connectivity index (χ1) is 9.67. The van der Waals surface area contributed by atoms with Crippen LogP contribution in [0.15, 0.2) is 35.1 Å². The molecule has 0 bridgehead atoms. The summed E-state index contributed by atoms with van der Waals surface area (Å²) in [6.07, 6.45) is 0. The minimum absolute atomic E-state index is 0.0899. The minimum atomic E-state index is -0.420. The van der Waals surface area contributed by atoms with Crippen LogP contribution in [0.2, 0.25) is 0 Å². The Morgan fingerprint density at radius 1 is 1.15 bits per heavy atom. The van der Waals surface area contributed by atoms with E-state index in [1.807, 2.05) is 32.0 Å². The molecule has 1 aromatic carbocycles. The number of hydrogen-bond donors (Lipinski definition) is 0. The van der Waals surface area contributed by atoms with E-state index in [1.54, 1.807) is 17.0 Å². The van der Waals surface area contributed by atoms with E-state index in [4.69, 9.17) is 0 Å². The average Bonchev–Trinajstić information content (AvgIpc) is 2.82. The SMILES string of the molecule is CCN(CC)C(=O)Cn1nnn(-c2ccccc2)c1=O. The summed E-state index contributed by atoms with van der Waals surface area (Å²) >= 11 is 0. The van der Waals surface area contributed by atoms with Gasteiger partial charge >= 0.3 is 5.69 Å². The van der Waals surface area contributed by atoms with Gasteiger partial charge in [0, 0.05) is 13.1 Å². The van der Waals surface area contributed by atoms with Gasteiger partial charge in [0.1, 0.15) is 6.54 Å². The van der Waals surface area contributed by atoms with Gasteiger partial charge in [0.25, 0.3) is 0 Å². The molecule has 106 valence electrons. The standard InChI is InChI=1S/C13H17N5O2/c1-3-16(4-2)12(19)10-17-13(20)18(15-14-17)11-8-6-5-7-9-11/h5-9H,3-4,10H2,1-2H3. The number of benzene rings is 1. The molecule has 1 heterocycles. The highest BCUT2D eigenvalue weighted by Crippen LogP contribution is 2.00. The predicted molar refractivity (Wildman–Crippen MR) is 73.5 cm³/mol. The Morgan fingerprint density at radius 3 is 2.40 bits per heavy atom. The number of carbonyl (C=O) groups is 1. The Bertz CT molecular complexity index is 628. The Kier molecular flexibility index (Phi) is 4.29. The van der Waals surface area contributed by atoms with Crippen molar-refractivity contribution in [2.24, 2.45) is 0 Å². The van der Waals surface area contributed by atoms with Crippen LogP contribution in [-0.2, 0) is 11.3 Å². The zero-order chi connectivity index (χ0) is 14.5. The number of para-hydroxylation sites is 1. The summed E-state index contributed by atoms with van der Waals surface area (Å²) in [6.45, 7) is 4.91. The van der Waals surface area contributed by atoms with Gasteiger partial charge in [0.15, 0.2) is 0 Å². The van der Waals surface area contributed by atoms with Crippen LogP contribution in [-0.4, -0.2) is 43.7 Å². The molecule has 0 aliphatic carbocycles. The number of likely N-dealkylation sites (N-methyl/N-ethyl adjacent to an activating group) is 1. The quantitative estimate of drug-likeness (QED) is 0.786. The van der Waals surface area contributed by atoms with Crippen molar-refractivity contribution in [3.05, 3.63) is 40.8 Å². The molecule has 2 rings (SSSR count). The molecule has 0 atom stereocenters. The van der Waals surface area contributed by atoms with Crippen LogP contribution in [0.3, 0.4) is 0 Å². The molecule has 7 nitrogen and oxygen atoms in total. The monoisotopic (exact) mass is 275 g/mol. The van der Waals surface area contributed by atoms with Gasteiger partial charge in [-0.1, -0.05) is 18.2 Å². The van der Waals surface area contributed by atoms with Crippen molar-refractivity contribution in [2.45, 2.75) is 20.4 Å². The topological polar surface area (TPSA) is 73.0 Å².